The number of aliphatic hydroxyl groups excluding tert-OH is 1. The lowest BCUT2D eigenvalue weighted by Crippen LogP contribution is -2.44. The quantitative estimate of drug-likeness (QED) is 0.924. The van der Waals surface area contributed by atoms with E-state index in [1.165, 1.54) is 0 Å². The molecule has 2 rings (SSSR count). The van der Waals surface area contributed by atoms with E-state index in [1.54, 1.807) is 6.07 Å². The number of likely N-dealkylation sites (N-methyl/N-ethyl adjacent to an activating group) is 1. The molecule has 20 heavy (non-hydrogen) atoms. The fourth-order valence-corrected chi connectivity index (χ4v) is 2.91. The summed E-state index contributed by atoms with van der Waals surface area (Å²) in [5, 5.41) is 18.4. The van der Waals surface area contributed by atoms with E-state index in [-0.39, 0.29) is 6.61 Å². The van der Waals surface area contributed by atoms with Gasteiger partial charge in [-0.15, -0.1) is 0 Å². The van der Waals surface area contributed by atoms with Gasteiger partial charge in [-0.05, 0) is 38.1 Å². The third-order valence-electron chi connectivity index (χ3n) is 3.98. The van der Waals surface area contributed by atoms with Gasteiger partial charge in [0.1, 0.15) is 6.07 Å². The molecule has 0 radical (unpaired) electrons. The van der Waals surface area contributed by atoms with Crippen LogP contribution in [0.5, 0.6) is 0 Å². The van der Waals surface area contributed by atoms with Crippen LogP contribution >= 0.6 is 11.6 Å². The van der Waals surface area contributed by atoms with Gasteiger partial charge in [0.05, 0.1) is 17.2 Å². The fraction of sp³-hybridized carbons (Fsp3) is 0.533. The first kappa shape index (κ1) is 15.1. The molecule has 1 aromatic rings. The highest BCUT2D eigenvalue weighted by atomic mass is 35.5. The standard InChI is InChI=1S/C15H20ClN3O/c1-18(8-9-20)13-4-6-19(7-5-13)14-3-2-12(11-17)15(16)10-14/h2-3,10,13,20H,4-9H2,1H3. The second-order valence-corrected chi connectivity index (χ2v) is 5.61. The normalized spacial score (nSPS) is 16.4. The average molecular weight is 294 g/mol. The molecule has 0 spiro atoms. The summed E-state index contributed by atoms with van der Waals surface area (Å²) >= 11 is 6.08. The molecule has 0 aromatic heterocycles. The highest BCUT2D eigenvalue weighted by Crippen LogP contribution is 2.26. The Kier molecular flexibility index (Phi) is 5.24. The van der Waals surface area contributed by atoms with Crippen molar-refractivity contribution in [2.24, 2.45) is 0 Å². The van der Waals surface area contributed by atoms with E-state index in [4.69, 9.17) is 22.0 Å². The van der Waals surface area contributed by atoms with Crippen LogP contribution in [-0.4, -0.2) is 49.3 Å². The van der Waals surface area contributed by atoms with Gasteiger partial charge in [-0.3, -0.25) is 0 Å². The molecule has 0 amide bonds. The summed E-state index contributed by atoms with van der Waals surface area (Å²) in [5.74, 6) is 0. The van der Waals surface area contributed by atoms with Crippen LogP contribution in [0.15, 0.2) is 18.2 Å². The van der Waals surface area contributed by atoms with Crippen molar-refractivity contribution in [2.75, 3.05) is 38.2 Å². The van der Waals surface area contributed by atoms with Crippen LogP contribution in [0, 0.1) is 11.3 Å². The number of benzene rings is 1. The minimum absolute atomic E-state index is 0.210. The molecule has 1 heterocycles. The number of halogens is 1. The maximum Gasteiger partial charge on any atom is 0.101 e. The number of nitriles is 1. The number of anilines is 1. The second-order valence-electron chi connectivity index (χ2n) is 5.20. The van der Waals surface area contributed by atoms with Gasteiger partial charge in [0.25, 0.3) is 0 Å². The molecular weight excluding hydrogens is 274 g/mol. The Morgan fingerprint density at radius 3 is 2.70 bits per heavy atom. The van der Waals surface area contributed by atoms with Crippen LogP contribution in [-0.2, 0) is 0 Å². The van der Waals surface area contributed by atoms with Gasteiger partial charge in [-0.25, -0.2) is 0 Å². The number of rotatable bonds is 4. The zero-order valence-electron chi connectivity index (χ0n) is 11.7. The molecule has 0 atom stereocenters. The zero-order valence-corrected chi connectivity index (χ0v) is 12.5. The molecule has 1 fully saturated rings. The second kappa shape index (κ2) is 6.94. The summed E-state index contributed by atoms with van der Waals surface area (Å²) in [6.45, 7) is 2.89. The van der Waals surface area contributed by atoms with E-state index in [2.05, 4.69) is 22.9 Å². The molecule has 5 heteroatoms. The van der Waals surface area contributed by atoms with Crippen molar-refractivity contribution in [3.63, 3.8) is 0 Å². The van der Waals surface area contributed by atoms with Crippen LogP contribution in [0.2, 0.25) is 5.02 Å². The molecule has 1 aromatic carbocycles. The molecule has 0 saturated carbocycles. The summed E-state index contributed by atoms with van der Waals surface area (Å²) in [5.41, 5.74) is 1.60. The summed E-state index contributed by atoms with van der Waals surface area (Å²) in [6, 6.07) is 8.23. The van der Waals surface area contributed by atoms with Crippen LogP contribution < -0.4 is 4.90 Å². The highest BCUT2D eigenvalue weighted by Gasteiger charge is 2.22. The molecule has 0 aliphatic carbocycles. The monoisotopic (exact) mass is 293 g/mol. The van der Waals surface area contributed by atoms with Gasteiger partial charge in [0.15, 0.2) is 0 Å². The van der Waals surface area contributed by atoms with E-state index in [0.717, 1.165) is 38.2 Å². The third-order valence-corrected chi connectivity index (χ3v) is 4.29. The van der Waals surface area contributed by atoms with Gasteiger partial charge in [-0.2, -0.15) is 5.26 Å². The largest absolute Gasteiger partial charge is 0.395 e. The van der Waals surface area contributed by atoms with Gasteiger partial charge in [0.2, 0.25) is 0 Å². The smallest absolute Gasteiger partial charge is 0.101 e. The van der Waals surface area contributed by atoms with Crippen molar-refractivity contribution >= 4 is 17.3 Å². The van der Waals surface area contributed by atoms with Crippen molar-refractivity contribution in [1.29, 1.82) is 5.26 Å². The first-order valence-corrected chi connectivity index (χ1v) is 7.29. The van der Waals surface area contributed by atoms with Crippen LogP contribution in [0.1, 0.15) is 18.4 Å². The van der Waals surface area contributed by atoms with E-state index in [0.29, 0.717) is 16.6 Å². The minimum Gasteiger partial charge on any atom is -0.395 e. The Bertz CT molecular complexity index is 492. The van der Waals surface area contributed by atoms with Gasteiger partial charge < -0.3 is 14.9 Å². The maximum atomic E-state index is 8.98. The number of aliphatic hydroxyl groups is 1. The Balaban J connectivity index is 1.97. The van der Waals surface area contributed by atoms with E-state index in [1.807, 2.05) is 12.1 Å². The van der Waals surface area contributed by atoms with Gasteiger partial charge in [0, 0.05) is 31.4 Å². The predicted molar refractivity (Wildman–Crippen MR) is 81.1 cm³/mol. The number of nitrogens with zero attached hydrogens (tertiary/aromatic N) is 3. The molecule has 0 unspecified atom stereocenters. The number of hydrogen-bond acceptors (Lipinski definition) is 4. The Morgan fingerprint density at radius 2 is 2.15 bits per heavy atom. The molecule has 1 saturated heterocycles. The molecular formula is C15H20ClN3O. The molecule has 1 N–H and O–H groups in total. The Morgan fingerprint density at radius 1 is 1.45 bits per heavy atom. The zero-order chi connectivity index (χ0) is 14.5. The lowest BCUT2D eigenvalue weighted by Gasteiger charge is -2.37. The van der Waals surface area contributed by atoms with Crippen molar-refractivity contribution in [2.45, 2.75) is 18.9 Å². The summed E-state index contributed by atoms with van der Waals surface area (Å²) in [4.78, 5) is 4.53. The average Bonchev–Trinajstić information content (AvgIpc) is 2.47. The molecule has 4 nitrogen and oxygen atoms in total. The lowest BCUT2D eigenvalue weighted by molar-refractivity contribution is 0.162. The maximum absolute atomic E-state index is 8.98. The highest BCUT2D eigenvalue weighted by molar-refractivity contribution is 6.32. The number of hydrogen-bond donors (Lipinski definition) is 1. The van der Waals surface area contributed by atoms with Crippen molar-refractivity contribution in [3.05, 3.63) is 28.8 Å². The number of piperidine rings is 1. The van der Waals surface area contributed by atoms with Crippen LogP contribution in [0.25, 0.3) is 0 Å². The fourth-order valence-electron chi connectivity index (χ4n) is 2.70. The Labute approximate surface area is 125 Å². The van der Waals surface area contributed by atoms with Gasteiger partial charge in [-0.1, -0.05) is 11.6 Å². The summed E-state index contributed by atoms with van der Waals surface area (Å²) in [6.07, 6.45) is 2.16. The lowest BCUT2D eigenvalue weighted by atomic mass is 10.0. The molecule has 0 bridgehead atoms. The summed E-state index contributed by atoms with van der Waals surface area (Å²) in [7, 11) is 2.06. The van der Waals surface area contributed by atoms with Crippen LogP contribution in [0.4, 0.5) is 5.69 Å². The van der Waals surface area contributed by atoms with Crippen molar-refractivity contribution in [3.8, 4) is 6.07 Å². The predicted octanol–water partition coefficient (Wildman–Crippen LogP) is 2.10. The Hall–Kier alpha value is -1.28. The molecule has 1 aliphatic heterocycles. The van der Waals surface area contributed by atoms with E-state index >= 15 is 0 Å². The molecule has 108 valence electrons. The minimum atomic E-state index is 0.210. The molecule has 1 aliphatic rings. The SMILES string of the molecule is CN(CCO)C1CCN(c2ccc(C#N)c(Cl)c2)CC1. The van der Waals surface area contributed by atoms with Crippen molar-refractivity contribution < 1.29 is 5.11 Å². The van der Waals surface area contributed by atoms with Crippen molar-refractivity contribution in [1.82, 2.24) is 4.90 Å². The topological polar surface area (TPSA) is 50.5 Å². The van der Waals surface area contributed by atoms with Crippen LogP contribution in [0.3, 0.4) is 0 Å². The van der Waals surface area contributed by atoms with E-state index < -0.39 is 0 Å². The summed E-state index contributed by atoms with van der Waals surface area (Å²) < 4.78 is 0. The first-order valence-electron chi connectivity index (χ1n) is 6.91. The first-order chi connectivity index (χ1) is 9.65. The third kappa shape index (κ3) is 3.43. The van der Waals surface area contributed by atoms with Gasteiger partial charge >= 0.3 is 0 Å². The van der Waals surface area contributed by atoms with E-state index in [9.17, 15) is 0 Å².